The monoisotopic (exact) mass is 302 g/mol. The molecule has 4 aliphatic rings. The highest BCUT2D eigenvalue weighted by Crippen LogP contribution is 2.56. The lowest BCUT2D eigenvalue weighted by molar-refractivity contribution is 0.0106. The molecule has 4 aliphatic carbocycles. The SMILES string of the molecule is CN(C)Nc1ncnc(NC23CC4CC(CC(C4)C2)C3)c1N. The van der Waals surface area contributed by atoms with Crippen LogP contribution in [0.1, 0.15) is 38.5 Å². The van der Waals surface area contributed by atoms with Crippen molar-refractivity contribution >= 4 is 17.3 Å². The summed E-state index contributed by atoms with van der Waals surface area (Å²) in [5.74, 6) is 4.18. The highest BCUT2D eigenvalue weighted by atomic mass is 15.5. The van der Waals surface area contributed by atoms with E-state index in [1.165, 1.54) is 38.5 Å². The molecule has 0 unspecified atom stereocenters. The summed E-state index contributed by atoms with van der Waals surface area (Å²) >= 11 is 0. The van der Waals surface area contributed by atoms with Crippen molar-refractivity contribution in [1.29, 1.82) is 0 Å². The molecular weight excluding hydrogens is 276 g/mol. The van der Waals surface area contributed by atoms with Crippen LogP contribution in [-0.4, -0.2) is 34.6 Å². The largest absolute Gasteiger partial charge is 0.393 e. The zero-order valence-corrected chi connectivity index (χ0v) is 13.5. The summed E-state index contributed by atoms with van der Waals surface area (Å²) in [6.45, 7) is 0. The minimum absolute atomic E-state index is 0.215. The number of nitrogens with two attached hydrogens (primary N) is 1. The van der Waals surface area contributed by atoms with E-state index >= 15 is 0 Å². The topological polar surface area (TPSA) is 79.1 Å². The van der Waals surface area contributed by atoms with E-state index in [9.17, 15) is 0 Å². The summed E-state index contributed by atoms with van der Waals surface area (Å²) in [4.78, 5) is 8.66. The highest BCUT2D eigenvalue weighted by molar-refractivity contribution is 5.74. The summed E-state index contributed by atoms with van der Waals surface area (Å²) in [7, 11) is 3.85. The van der Waals surface area contributed by atoms with E-state index in [0.29, 0.717) is 11.5 Å². The van der Waals surface area contributed by atoms with Crippen molar-refractivity contribution in [2.75, 3.05) is 30.6 Å². The Morgan fingerprint density at radius 3 is 2.14 bits per heavy atom. The first kappa shape index (κ1) is 14.1. The number of aromatic nitrogens is 2. The lowest BCUT2D eigenvalue weighted by Crippen LogP contribution is -2.55. The molecule has 0 atom stereocenters. The predicted octanol–water partition coefficient (Wildman–Crippen LogP) is 2.33. The molecule has 1 aromatic heterocycles. The van der Waals surface area contributed by atoms with Crippen LogP contribution in [0, 0.1) is 17.8 Å². The number of hydrogen-bond donors (Lipinski definition) is 3. The van der Waals surface area contributed by atoms with Crippen molar-refractivity contribution in [2.45, 2.75) is 44.1 Å². The van der Waals surface area contributed by atoms with E-state index in [4.69, 9.17) is 5.73 Å². The van der Waals surface area contributed by atoms with Gasteiger partial charge < -0.3 is 16.5 Å². The van der Waals surface area contributed by atoms with Gasteiger partial charge in [0.15, 0.2) is 11.6 Å². The Morgan fingerprint density at radius 1 is 1.05 bits per heavy atom. The van der Waals surface area contributed by atoms with Crippen LogP contribution in [0.2, 0.25) is 0 Å². The number of nitrogen functional groups attached to an aromatic ring is 1. The van der Waals surface area contributed by atoms with Gasteiger partial charge in [0.05, 0.1) is 0 Å². The first-order chi connectivity index (χ1) is 10.5. The Hall–Kier alpha value is -1.56. The lowest BCUT2D eigenvalue weighted by Gasteiger charge is -2.57. The third-order valence-corrected chi connectivity index (χ3v) is 5.64. The van der Waals surface area contributed by atoms with E-state index in [-0.39, 0.29) is 5.54 Å². The third kappa shape index (κ3) is 2.39. The molecule has 0 saturated heterocycles. The number of hydrogen-bond acceptors (Lipinski definition) is 6. The van der Waals surface area contributed by atoms with Crippen LogP contribution in [0.15, 0.2) is 6.33 Å². The maximum absolute atomic E-state index is 6.28. The van der Waals surface area contributed by atoms with Crippen LogP contribution >= 0.6 is 0 Å². The molecule has 22 heavy (non-hydrogen) atoms. The van der Waals surface area contributed by atoms with E-state index < -0.39 is 0 Å². The maximum atomic E-state index is 6.28. The average molecular weight is 302 g/mol. The van der Waals surface area contributed by atoms with Crippen molar-refractivity contribution < 1.29 is 0 Å². The van der Waals surface area contributed by atoms with Gasteiger partial charge >= 0.3 is 0 Å². The molecular formula is C16H26N6. The van der Waals surface area contributed by atoms with Crippen molar-refractivity contribution in [3.05, 3.63) is 6.33 Å². The van der Waals surface area contributed by atoms with Crippen LogP contribution in [-0.2, 0) is 0 Å². The fourth-order valence-electron chi connectivity index (χ4n) is 5.31. The normalized spacial score (nSPS) is 35.9. The Balaban J connectivity index is 1.58. The van der Waals surface area contributed by atoms with Gasteiger partial charge in [0.25, 0.3) is 0 Å². The van der Waals surface area contributed by atoms with Gasteiger partial charge in [0.1, 0.15) is 12.0 Å². The standard InChI is InChI=1S/C16H26N6/c1-22(2)21-15-13(17)14(18-9-19-15)20-16-6-10-3-11(7-16)5-12(4-10)8-16/h9-12H,3-8,17H2,1-2H3,(H2,18,19,20,21). The molecule has 6 nitrogen and oxygen atoms in total. The van der Waals surface area contributed by atoms with Crippen LogP contribution in [0.5, 0.6) is 0 Å². The molecule has 0 aromatic carbocycles. The smallest absolute Gasteiger partial charge is 0.169 e. The van der Waals surface area contributed by atoms with Crippen molar-refractivity contribution in [2.24, 2.45) is 17.8 Å². The van der Waals surface area contributed by atoms with Gasteiger partial charge in [-0.15, -0.1) is 0 Å². The second kappa shape index (κ2) is 4.98. The summed E-state index contributed by atoms with van der Waals surface area (Å²) < 4.78 is 0. The fourth-order valence-corrected chi connectivity index (χ4v) is 5.31. The molecule has 4 N–H and O–H groups in total. The average Bonchev–Trinajstić information content (AvgIpc) is 2.41. The summed E-state index contributed by atoms with van der Waals surface area (Å²) in [5, 5.41) is 5.57. The first-order valence-corrected chi connectivity index (χ1v) is 8.36. The second-order valence-corrected chi connectivity index (χ2v) is 7.81. The van der Waals surface area contributed by atoms with Gasteiger partial charge in [-0.1, -0.05) is 0 Å². The first-order valence-electron chi connectivity index (χ1n) is 8.36. The van der Waals surface area contributed by atoms with Crippen LogP contribution in [0.3, 0.4) is 0 Å². The quantitative estimate of drug-likeness (QED) is 0.741. The zero-order valence-electron chi connectivity index (χ0n) is 13.5. The Bertz CT molecular complexity index is 534. The highest BCUT2D eigenvalue weighted by Gasteiger charge is 2.51. The van der Waals surface area contributed by atoms with Gasteiger partial charge in [-0.3, -0.25) is 0 Å². The lowest BCUT2D eigenvalue weighted by atomic mass is 9.53. The minimum atomic E-state index is 0.215. The number of hydrazine groups is 1. The van der Waals surface area contributed by atoms with Gasteiger partial charge in [-0.2, -0.15) is 0 Å². The van der Waals surface area contributed by atoms with Crippen molar-refractivity contribution in [1.82, 2.24) is 15.0 Å². The van der Waals surface area contributed by atoms with E-state index in [1.54, 1.807) is 6.33 Å². The number of rotatable bonds is 4. The molecule has 5 rings (SSSR count). The molecule has 0 amide bonds. The number of anilines is 3. The van der Waals surface area contributed by atoms with Gasteiger partial charge in [-0.25, -0.2) is 15.0 Å². The van der Waals surface area contributed by atoms with Gasteiger partial charge in [0.2, 0.25) is 0 Å². The number of nitrogens with zero attached hydrogens (tertiary/aromatic N) is 3. The molecule has 1 heterocycles. The molecule has 0 radical (unpaired) electrons. The molecule has 4 saturated carbocycles. The zero-order chi connectivity index (χ0) is 15.3. The maximum Gasteiger partial charge on any atom is 0.169 e. The molecule has 1 aromatic rings. The second-order valence-electron chi connectivity index (χ2n) is 7.81. The van der Waals surface area contributed by atoms with Crippen molar-refractivity contribution in [3.63, 3.8) is 0 Å². The molecule has 4 fully saturated rings. The summed E-state index contributed by atoms with van der Waals surface area (Å²) in [6.07, 6.45) is 9.73. The molecule has 120 valence electrons. The Morgan fingerprint density at radius 2 is 1.59 bits per heavy atom. The van der Waals surface area contributed by atoms with Crippen LogP contribution in [0.25, 0.3) is 0 Å². The van der Waals surface area contributed by atoms with Crippen LogP contribution in [0.4, 0.5) is 17.3 Å². The molecule has 6 heteroatoms. The fraction of sp³-hybridized carbons (Fsp3) is 0.750. The van der Waals surface area contributed by atoms with Gasteiger partial charge in [0, 0.05) is 19.6 Å². The molecule has 0 spiro atoms. The Labute approximate surface area is 131 Å². The van der Waals surface area contributed by atoms with E-state index in [1.807, 2.05) is 19.1 Å². The van der Waals surface area contributed by atoms with Crippen LogP contribution < -0.4 is 16.5 Å². The predicted molar refractivity (Wildman–Crippen MR) is 88.3 cm³/mol. The van der Waals surface area contributed by atoms with Crippen molar-refractivity contribution in [3.8, 4) is 0 Å². The Kier molecular flexibility index (Phi) is 3.18. The van der Waals surface area contributed by atoms with E-state index in [0.717, 1.165) is 23.6 Å². The summed E-state index contributed by atoms with van der Waals surface area (Å²) in [6, 6.07) is 0. The van der Waals surface area contributed by atoms with E-state index in [2.05, 4.69) is 20.7 Å². The number of nitrogens with one attached hydrogen (secondary N) is 2. The molecule has 4 bridgehead atoms. The van der Waals surface area contributed by atoms with Gasteiger partial charge in [-0.05, 0) is 56.3 Å². The third-order valence-electron chi connectivity index (χ3n) is 5.64. The summed E-state index contributed by atoms with van der Waals surface area (Å²) in [5.41, 5.74) is 10.3. The molecule has 0 aliphatic heterocycles. The minimum Gasteiger partial charge on any atom is -0.393 e.